The molecule has 0 amide bonds. The zero-order valence-electron chi connectivity index (χ0n) is 31.5. The van der Waals surface area contributed by atoms with E-state index < -0.39 is 0 Å². The van der Waals surface area contributed by atoms with Crippen molar-refractivity contribution in [3.05, 3.63) is 89.0 Å². The molecule has 280 valence electrons. The van der Waals surface area contributed by atoms with E-state index in [4.69, 9.17) is 41.5 Å². The van der Waals surface area contributed by atoms with Gasteiger partial charge < -0.3 is 30.0 Å². The van der Waals surface area contributed by atoms with Crippen LogP contribution in [0.25, 0.3) is 22.3 Å². The number of rotatable bonds is 17. The lowest BCUT2D eigenvalue weighted by atomic mass is 9.93. The number of aromatic nitrogens is 8. The minimum Gasteiger partial charge on any atom is -0.396 e. The predicted octanol–water partition coefficient (Wildman–Crippen LogP) is 7.73. The van der Waals surface area contributed by atoms with Crippen LogP contribution in [0.1, 0.15) is 82.8 Å². The van der Waals surface area contributed by atoms with Crippen LogP contribution in [0.2, 0.25) is 5.02 Å². The van der Waals surface area contributed by atoms with Crippen LogP contribution in [0.3, 0.4) is 0 Å². The molecular weight excluding hydrogens is 688 g/mol. The van der Waals surface area contributed by atoms with Gasteiger partial charge in [0.05, 0.1) is 12.7 Å². The number of fused-ring (bicyclic) bond motifs is 2. The molecule has 4 heterocycles. The van der Waals surface area contributed by atoms with Gasteiger partial charge in [-0.05, 0) is 74.3 Å². The van der Waals surface area contributed by atoms with Crippen LogP contribution >= 0.6 is 11.6 Å². The first kappa shape index (κ1) is 38.1. The summed E-state index contributed by atoms with van der Waals surface area (Å²) in [5, 5.41) is 27.6. The van der Waals surface area contributed by atoms with Gasteiger partial charge >= 0.3 is 0 Å². The summed E-state index contributed by atoms with van der Waals surface area (Å²) in [4.78, 5) is 29.2. The van der Waals surface area contributed by atoms with Crippen molar-refractivity contribution in [1.29, 1.82) is 0 Å². The molecule has 0 aliphatic rings. The third kappa shape index (κ3) is 8.94. The van der Waals surface area contributed by atoms with Gasteiger partial charge in [-0.1, -0.05) is 69.1 Å². The van der Waals surface area contributed by atoms with Crippen molar-refractivity contribution in [1.82, 2.24) is 39.0 Å². The normalized spacial score (nSPS) is 13.6. The molecule has 3 atom stereocenters. The molecule has 0 fully saturated rings. The number of aliphatic hydroxyl groups is 2. The standard InChI is InChI=1S/C40H51ClN10O2/c1-7-27(20-52)16-33-46-37(42-19-28-11-9-8-10-12-28)35-40(48-33)51(23-44-35)26(6)13-29-14-31(41)18-32(15-29)45-38-36-39(50(22-43-36)25(4)5)49-34(47-38)17-30(21-53)24(2)3/h8-12,14-15,18,22-27,30,52-53H,7,13,16-17,19-21H2,1-6H3,(H,42,46,48)(H,45,47,49). The van der Waals surface area contributed by atoms with E-state index in [1.807, 2.05) is 41.2 Å². The highest BCUT2D eigenvalue weighted by molar-refractivity contribution is 6.31. The fourth-order valence-corrected chi connectivity index (χ4v) is 6.81. The van der Waals surface area contributed by atoms with E-state index in [9.17, 15) is 10.2 Å². The second-order valence-corrected chi connectivity index (χ2v) is 15.1. The molecule has 0 aliphatic heterocycles. The molecule has 0 spiro atoms. The zero-order chi connectivity index (χ0) is 37.6. The second kappa shape index (κ2) is 17.0. The highest BCUT2D eigenvalue weighted by atomic mass is 35.5. The van der Waals surface area contributed by atoms with Gasteiger partial charge in [0.2, 0.25) is 0 Å². The number of halogens is 1. The molecule has 6 aromatic rings. The van der Waals surface area contributed by atoms with Gasteiger partial charge in [0.15, 0.2) is 28.4 Å². The molecule has 2 aromatic carbocycles. The number of nitrogens with zero attached hydrogens (tertiary/aromatic N) is 8. The minimum absolute atomic E-state index is 0.0265. The van der Waals surface area contributed by atoms with Crippen LogP contribution in [0, 0.1) is 17.8 Å². The first-order valence-corrected chi connectivity index (χ1v) is 19.0. The number of imidazole rings is 2. The summed E-state index contributed by atoms with van der Waals surface area (Å²) in [5.41, 5.74) is 5.81. The topological polar surface area (TPSA) is 152 Å². The van der Waals surface area contributed by atoms with E-state index in [0.717, 1.165) is 34.5 Å². The lowest BCUT2D eigenvalue weighted by Gasteiger charge is -2.18. The van der Waals surface area contributed by atoms with E-state index in [2.05, 4.69) is 74.9 Å². The molecule has 4 aromatic heterocycles. The summed E-state index contributed by atoms with van der Waals surface area (Å²) in [6.07, 6.45) is 6.23. The molecular formula is C40H51ClN10O2. The molecule has 3 unspecified atom stereocenters. The van der Waals surface area contributed by atoms with Crippen LogP contribution < -0.4 is 10.6 Å². The predicted molar refractivity (Wildman–Crippen MR) is 212 cm³/mol. The van der Waals surface area contributed by atoms with Crippen LogP contribution in [-0.2, 0) is 25.8 Å². The van der Waals surface area contributed by atoms with E-state index >= 15 is 0 Å². The quantitative estimate of drug-likeness (QED) is 0.0732. The molecule has 0 bridgehead atoms. The van der Waals surface area contributed by atoms with Crippen LogP contribution in [0.15, 0.2) is 61.2 Å². The minimum atomic E-state index is -0.0265. The third-order valence-electron chi connectivity index (χ3n) is 9.95. The molecule has 13 heteroatoms. The lowest BCUT2D eigenvalue weighted by molar-refractivity contribution is 0.187. The van der Waals surface area contributed by atoms with Crippen LogP contribution in [0.4, 0.5) is 17.3 Å². The van der Waals surface area contributed by atoms with Crippen molar-refractivity contribution < 1.29 is 10.2 Å². The SMILES string of the molecule is CCC(CO)Cc1nc(NCc2ccccc2)c2ncn(C(C)Cc3cc(Cl)cc(Nc4nc(CC(CO)C(C)C)nc5c4ncn5C(C)C)c3)c2n1. The highest BCUT2D eigenvalue weighted by Crippen LogP contribution is 2.31. The summed E-state index contributed by atoms with van der Waals surface area (Å²) < 4.78 is 4.13. The maximum Gasteiger partial charge on any atom is 0.166 e. The Hall–Kier alpha value is -4.65. The molecule has 0 saturated heterocycles. The number of hydrogen-bond donors (Lipinski definition) is 4. The lowest BCUT2D eigenvalue weighted by Crippen LogP contribution is -2.18. The summed E-state index contributed by atoms with van der Waals surface area (Å²) in [5.74, 6) is 2.98. The summed E-state index contributed by atoms with van der Waals surface area (Å²) in [6.45, 7) is 13.3. The van der Waals surface area contributed by atoms with Crippen molar-refractivity contribution >= 4 is 51.3 Å². The Balaban J connectivity index is 1.30. The maximum absolute atomic E-state index is 10.1. The molecule has 53 heavy (non-hydrogen) atoms. The van der Waals surface area contributed by atoms with Crippen molar-refractivity contribution in [2.75, 3.05) is 23.8 Å². The highest BCUT2D eigenvalue weighted by Gasteiger charge is 2.22. The van der Waals surface area contributed by atoms with Gasteiger partial charge in [-0.25, -0.2) is 29.9 Å². The Labute approximate surface area is 316 Å². The van der Waals surface area contributed by atoms with Crippen LogP contribution in [0.5, 0.6) is 0 Å². The Morgan fingerprint density at radius 2 is 1.40 bits per heavy atom. The van der Waals surface area contributed by atoms with Crippen molar-refractivity contribution in [2.24, 2.45) is 17.8 Å². The number of nitrogens with one attached hydrogen (secondary N) is 2. The first-order chi connectivity index (χ1) is 25.6. The maximum atomic E-state index is 10.1. The van der Waals surface area contributed by atoms with E-state index in [1.165, 1.54) is 0 Å². The number of anilines is 3. The molecule has 0 saturated carbocycles. The smallest absolute Gasteiger partial charge is 0.166 e. The Bertz CT molecular complexity index is 2130. The van der Waals surface area contributed by atoms with Crippen molar-refractivity contribution in [2.45, 2.75) is 85.9 Å². The van der Waals surface area contributed by atoms with Crippen molar-refractivity contribution in [3.8, 4) is 0 Å². The Kier molecular flexibility index (Phi) is 12.2. The third-order valence-corrected chi connectivity index (χ3v) is 10.2. The van der Waals surface area contributed by atoms with E-state index in [0.29, 0.717) is 65.1 Å². The van der Waals surface area contributed by atoms with Gasteiger partial charge in [0.1, 0.15) is 17.2 Å². The van der Waals surface area contributed by atoms with Gasteiger partial charge in [0.25, 0.3) is 0 Å². The molecule has 0 aliphatic carbocycles. The summed E-state index contributed by atoms with van der Waals surface area (Å²) in [6, 6.07) is 16.3. The Morgan fingerprint density at radius 3 is 2.06 bits per heavy atom. The average molecular weight is 739 g/mol. The zero-order valence-corrected chi connectivity index (χ0v) is 32.2. The first-order valence-electron chi connectivity index (χ1n) is 18.6. The monoisotopic (exact) mass is 738 g/mol. The number of hydrogen-bond acceptors (Lipinski definition) is 10. The molecule has 4 N–H and O–H groups in total. The molecule has 0 radical (unpaired) electrons. The molecule has 6 rings (SSSR count). The van der Waals surface area contributed by atoms with Crippen molar-refractivity contribution in [3.63, 3.8) is 0 Å². The van der Waals surface area contributed by atoms with Gasteiger partial charge in [-0.2, -0.15) is 0 Å². The number of benzene rings is 2. The summed E-state index contributed by atoms with van der Waals surface area (Å²) in [7, 11) is 0. The second-order valence-electron chi connectivity index (χ2n) is 14.6. The number of aliphatic hydroxyl groups excluding tert-OH is 2. The van der Waals surface area contributed by atoms with Crippen LogP contribution in [-0.4, -0.2) is 62.5 Å². The van der Waals surface area contributed by atoms with Gasteiger partial charge in [0, 0.05) is 55.4 Å². The van der Waals surface area contributed by atoms with E-state index in [-0.39, 0.29) is 43.1 Å². The summed E-state index contributed by atoms with van der Waals surface area (Å²) >= 11 is 6.75. The van der Waals surface area contributed by atoms with Gasteiger partial charge in [-0.3, -0.25) is 0 Å². The fourth-order valence-electron chi connectivity index (χ4n) is 6.56. The van der Waals surface area contributed by atoms with E-state index in [1.54, 1.807) is 6.33 Å². The molecule has 12 nitrogen and oxygen atoms in total. The largest absolute Gasteiger partial charge is 0.396 e. The van der Waals surface area contributed by atoms with Gasteiger partial charge in [-0.15, -0.1) is 0 Å². The average Bonchev–Trinajstić information content (AvgIpc) is 3.77. The fraction of sp³-hybridized carbons (Fsp3) is 0.450. The Morgan fingerprint density at radius 1 is 0.736 bits per heavy atom.